The molecule has 0 spiro atoms. The van der Waals surface area contributed by atoms with E-state index in [1.165, 1.54) is 25.1 Å². The first-order valence-corrected chi connectivity index (χ1v) is 5.92. The predicted octanol–water partition coefficient (Wildman–Crippen LogP) is 1.93. The van der Waals surface area contributed by atoms with Crippen molar-refractivity contribution in [2.24, 2.45) is 4.99 Å². The second-order valence-electron chi connectivity index (χ2n) is 3.57. The summed E-state index contributed by atoms with van der Waals surface area (Å²) < 4.78 is 13.0. The van der Waals surface area contributed by atoms with Gasteiger partial charge < -0.3 is 5.32 Å². The third kappa shape index (κ3) is 3.04. The number of halogens is 1. The van der Waals surface area contributed by atoms with Gasteiger partial charge in [-0.25, -0.2) is 4.39 Å². The highest BCUT2D eigenvalue weighted by Gasteiger charge is 2.22. The van der Waals surface area contributed by atoms with Gasteiger partial charge in [0.2, 0.25) is 5.91 Å². The van der Waals surface area contributed by atoms with E-state index in [9.17, 15) is 14.0 Å². The molecule has 92 valence electrons. The SMILES string of the molecule is CC(=O)NC1=NC(=O)/C(=C/c2cccc(F)c2)S1. The number of rotatable bonds is 1. The molecule has 6 heteroatoms. The van der Waals surface area contributed by atoms with Crippen LogP contribution in [0.2, 0.25) is 0 Å². The van der Waals surface area contributed by atoms with Gasteiger partial charge in [0.1, 0.15) is 5.82 Å². The number of aliphatic imine (C=N–C) groups is 1. The summed E-state index contributed by atoms with van der Waals surface area (Å²) in [6.45, 7) is 1.34. The van der Waals surface area contributed by atoms with Crippen molar-refractivity contribution in [2.45, 2.75) is 6.92 Å². The van der Waals surface area contributed by atoms with Gasteiger partial charge in [0.25, 0.3) is 5.91 Å². The van der Waals surface area contributed by atoms with Crippen LogP contribution in [0, 0.1) is 5.82 Å². The number of hydrogen-bond donors (Lipinski definition) is 1. The van der Waals surface area contributed by atoms with Crippen LogP contribution >= 0.6 is 11.8 Å². The number of carbonyl (C=O) groups is 2. The molecule has 18 heavy (non-hydrogen) atoms. The van der Waals surface area contributed by atoms with Crippen molar-refractivity contribution in [3.05, 3.63) is 40.6 Å². The summed E-state index contributed by atoms with van der Waals surface area (Å²) >= 11 is 1.05. The van der Waals surface area contributed by atoms with Crippen molar-refractivity contribution in [3.8, 4) is 0 Å². The molecule has 0 saturated carbocycles. The zero-order chi connectivity index (χ0) is 13.1. The molecule has 0 bridgehead atoms. The number of amidine groups is 1. The van der Waals surface area contributed by atoms with Gasteiger partial charge in [-0.1, -0.05) is 12.1 Å². The summed E-state index contributed by atoms with van der Waals surface area (Å²) in [5.41, 5.74) is 0.574. The smallest absolute Gasteiger partial charge is 0.286 e. The number of nitrogens with one attached hydrogen (secondary N) is 1. The second kappa shape index (κ2) is 5.14. The Morgan fingerprint density at radius 2 is 2.28 bits per heavy atom. The highest BCUT2D eigenvalue weighted by Crippen LogP contribution is 2.27. The average Bonchev–Trinajstić information content (AvgIpc) is 2.58. The van der Waals surface area contributed by atoms with Gasteiger partial charge in [-0.3, -0.25) is 9.59 Å². The summed E-state index contributed by atoms with van der Waals surface area (Å²) in [6, 6.07) is 5.88. The maximum absolute atomic E-state index is 13.0. The zero-order valence-corrected chi connectivity index (χ0v) is 10.3. The Balaban J connectivity index is 2.17. The van der Waals surface area contributed by atoms with Gasteiger partial charge in [0.05, 0.1) is 4.91 Å². The number of benzene rings is 1. The maximum Gasteiger partial charge on any atom is 0.286 e. The standard InChI is InChI=1S/C12H9FN2O2S/c1-7(16)14-12-15-11(17)10(18-12)6-8-3-2-4-9(13)5-8/h2-6H,1H3,(H,14,15,16,17)/b10-6-. The van der Waals surface area contributed by atoms with Crippen molar-refractivity contribution < 1.29 is 14.0 Å². The molecule has 1 N–H and O–H groups in total. The van der Waals surface area contributed by atoms with Crippen molar-refractivity contribution in [3.63, 3.8) is 0 Å². The van der Waals surface area contributed by atoms with E-state index >= 15 is 0 Å². The molecule has 0 radical (unpaired) electrons. The normalized spacial score (nSPS) is 16.9. The molecule has 0 unspecified atom stereocenters. The fourth-order valence-corrected chi connectivity index (χ4v) is 2.22. The fraction of sp³-hybridized carbons (Fsp3) is 0.0833. The van der Waals surface area contributed by atoms with Crippen LogP contribution in [0.3, 0.4) is 0 Å². The Bertz CT molecular complexity index is 581. The van der Waals surface area contributed by atoms with Crippen LogP contribution in [0.1, 0.15) is 12.5 Å². The summed E-state index contributed by atoms with van der Waals surface area (Å²) in [5, 5.41) is 2.68. The number of thioether (sulfide) groups is 1. The molecule has 2 rings (SSSR count). The van der Waals surface area contributed by atoms with Gasteiger partial charge in [-0.2, -0.15) is 4.99 Å². The molecule has 1 aliphatic rings. The number of carbonyl (C=O) groups excluding carboxylic acids is 2. The first-order valence-electron chi connectivity index (χ1n) is 5.10. The van der Waals surface area contributed by atoms with Crippen LogP contribution in [0.25, 0.3) is 6.08 Å². The molecular formula is C12H9FN2O2S. The lowest BCUT2D eigenvalue weighted by atomic mass is 10.2. The summed E-state index contributed by atoms with van der Waals surface area (Å²) in [6.07, 6.45) is 1.54. The van der Waals surface area contributed by atoms with Crippen molar-refractivity contribution in [1.29, 1.82) is 0 Å². The molecule has 1 aliphatic heterocycles. The van der Waals surface area contributed by atoms with Crippen LogP contribution in [0.4, 0.5) is 4.39 Å². The highest BCUT2D eigenvalue weighted by molar-refractivity contribution is 8.18. The van der Waals surface area contributed by atoms with Crippen LogP contribution in [0.15, 0.2) is 34.2 Å². The molecule has 0 fully saturated rings. The lowest BCUT2D eigenvalue weighted by Crippen LogP contribution is -2.23. The lowest BCUT2D eigenvalue weighted by Gasteiger charge is -1.98. The molecule has 0 aromatic heterocycles. The van der Waals surface area contributed by atoms with Crippen molar-refractivity contribution >= 4 is 34.8 Å². The van der Waals surface area contributed by atoms with Crippen LogP contribution < -0.4 is 5.32 Å². The number of hydrogen-bond acceptors (Lipinski definition) is 3. The van der Waals surface area contributed by atoms with E-state index in [4.69, 9.17) is 0 Å². The molecule has 2 amide bonds. The van der Waals surface area contributed by atoms with Gasteiger partial charge >= 0.3 is 0 Å². The lowest BCUT2D eigenvalue weighted by molar-refractivity contribution is -0.117. The highest BCUT2D eigenvalue weighted by atomic mass is 32.2. The Morgan fingerprint density at radius 3 is 2.94 bits per heavy atom. The minimum Gasteiger partial charge on any atom is -0.305 e. The minimum atomic E-state index is -0.437. The molecule has 0 atom stereocenters. The van der Waals surface area contributed by atoms with Crippen molar-refractivity contribution in [2.75, 3.05) is 0 Å². The van der Waals surface area contributed by atoms with Crippen LogP contribution in [-0.4, -0.2) is 17.0 Å². The minimum absolute atomic E-state index is 0.246. The van der Waals surface area contributed by atoms with Gasteiger partial charge in [-0.15, -0.1) is 0 Å². The average molecular weight is 264 g/mol. The first-order chi connectivity index (χ1) is 8.54. The van der Waals surface area contributed by atoms with Crippen molar-refractivity contribution in [1.82, 2.24) is 5.32 Å². The largest absolute Gasteiger partial charge is 0.305 e. The molecule has 1 aromatic carbocycles. The Morgan fingerprint density at radius 1 is 1.50 bits per heavy atom. The summed E-state index contributed by atoms with van der Waals surface area (Å²) in [5.74, 6) is -1.10. The quantitative estimate of drug-likeness (QED) is 0.788. The van der Waals surface area contributed by atoms with E-state index < -0.39 is 5.91 Å². The Hall–Kier alpha value is -1.95. The van der Waals surface area contributed by atoms with E-state index in [0.29, 0.717) is 10.5 Å². The Kier molecular flexibility index (Phi) is 3.57. The van der Waals surface area contributed by atoms with E-state index in [1.807, 2.05) is 0 Å². The van der Waals surface area contributed by atoms with E-state index in [-0.39, 0.29) is 16.9 Å². The third-order valence-corrected chi connectivity index (χ3v) is 2.95. The molecule has 1 heterocycles. The molecule has 0 aliphatic carbocycles. The molecule has 0 saturated heterocycles. The van der Waals surface area contributed by atoms with Crippen LogP contribution in [-0.2, 0) is 9.59 Å². The zero-order valence-electron chi connectivity index (χ0n) is 9.44. The van der Waals surface area contributed by atoms with Gasteiger partial charge in [0.15, 0.2) is 5.17 Å². The fourth-order valence-electron chi connectivity index (χ4n) is 1.36. The Labute approximate surface area is 107 Å². The molecule has 1 aromatic rings. The van der Waals surface area contributed by atoms with E-state index in [1.54, 1.807) is 12.1 Å². The molecule has 4 nitrogen and oxygen atoms in total. The molecular weight excluding hydrogens is 255 g/mol. The summed E-state index contributed by atoms with van der Waals surface area (Å²) in [7, 11) is 0. The number of nitrogens with zero attached hydrogens (tertiary/aromatic N) is 1. The van der Waals surface area contributed by atoms with Crippen LogP contribution in [0.5, 0.6) is 0 Å². The van der Waals surface area contributed by atoms with E-state index in [0.717, 1.165) is 11.8 Å². The monoisotopic (exact) mass is 264 g/mol. The number of amides is 2. The maximum atomic E-state index is 13.0. The first kappa shape index (κ1) is 12.5. The van der Waals surface area contributed by atoms with Gasteiger partial charge in [-0.05, 0) is 35.5 Å². The van der Waals surface area contributed by atoms with E-state index in [2.05, 4.69) is 10.3 Å². The second-order valence-corrected chi connectivity index (χ2v) is 4.60. The third-order valence-electron chi connectivity index (χ3n) is 2.05. The van der Waals surface area contributed by atoms with Gasteiger partial charge in [0, 0.05) is 6.92 Å². The predicted molar refractivity (Wildman–Crippen MR) is 68.2 cm³/mol. The topological polar surface area (TPSA) is 58.5 Å². The summed E-state index contributed by atoms with van der Waals surface area (Å²) in [4.78, 5) is 26.4.